The first-order chi connectivity index (χ1) is 6.22. The molecule has 2 N–H and O–H groups in total. The van der Waals surface area contributed by atoms with Gasteiger partial charge >= 0.3 is 0 Å². The standard InChI is InChI=1S/C9H9BrN2O/c1-11-8-6-3-2-5(10)4-7(6)12-9(8)13/h2-4,8,11H,1H3,(H,12,13). The van der Waals surface area contributed by atoms with Crippen LogP contribution in [-0.2, 0) is 4.79 Å². The van der Waals surface area contributed by atoms with E-state index in [1.165, 1.54) is 0 Å². The number of rotatable bonds is 1. The molecule has 0 saturated carbocycles. The summed E-state index contributed by atoms with van der Waals surface area (Å²) in [7, 11) is 1.78. The molecular formula is C9H9BrN2O. The Morgan fingerprint density at radius 3 is 3.00 bits per heavy atom. The van der Waals surface area contributed by atoms with Crippen molar-refractivity contribution in [3.05, 3.63) is 28.2 Å². The van der Waals surface area contributed by atoms with Crippen molar-refractivity contribution in [3.63, 3.8) is 0 Å². The molecule has 0 aromatic heterocycles. The molecular weight excluding hydrogens is 232 g/mol. The average Bonchev–Trinajstić information content (AvgIpc) is 2.39. The smallest absolute Gasteiger partial charge is 0.246 e. The molecule has 1 aliphatic heterocycles. The Kier molecular flexibility index (Phi) is 2.09. The number of halogens is 1. The van der Waals surface area contributed by atoms with Crippen LogP contribution >= 0.6 is 15.9 Å². The monoisotopic (exact) mass is 240 g/mol. The van der Waals surface area contributed by atoms with Crippen LogP contribution in [0.2, 0.25) is 0 Å². The van der Waals surface area contributed by atoms with Crippen molar-refractivity contribution in [1.29, 1.82) is 0 Å². The fraction of sp³-hybridized carbons (Fsp3) is 0.222. The maximum absolute atomic E-state index is 11.4. The van der Waals surface area contributed by atoms with Crippen LogP contribution in [0, 0.1) is 0 Å². The van der Waals surface area contributed by atoms with Gasteiger partial charge in [0.1, 0.15) is 6.04 Å². The highest BCUT2D eigenvalue weighted by molar-refractivity contribution is 9.10. The van der Waals surface area contributed by atoms with E-state index in [0.29, 0.717) is 0 Å². The zero-order chi connectivity index (χ0) is 9.42. The number of anilines is 1. The number of fused-ring (bicyclic) bond motifs is 1. The van der Waals surface area contributed by atoms with E-state index in [1.807, 2.05) is 18.2 Å². The molecule has 1 unspecified atom stereocenters. The number of likely N-dealkylation sites (N-methyl/N-ethyl adjacent to an activating group) is 1. The third-order valence-electron chi connectivity index (χ3n) is 2.14. The first-order valence-electron chi connectivity index (χ1n) is 4.00. The normalized spacial score (nSPS) is 19.8. The highest BCUT2D eigenvalue weighted by Gasteiger charge is 2.28. The van der Waals surface area contributed by atoms with Crippen LogP contribution in [-0.4, -0.2) is 13.0 Å². The average molecular weight is 241 g/mol. The molecule has 1 atom stereocenters. The summed E-state index contributed by atoms with van der Waals surface area (Å²) in [6, 6.07) is 5.58. The Morgan fingerprint density at radius 2 is 2.31 bits per heavy atom. The minimum Gasteiger partial charge on any atom is -0.324 e. The van der Waals surface area contributed by atoms with E-state index >= 15 is 0 Å². The van der Waals surface area contributed by atoms with Gasteiger partial charge in [-0.3, -0.25) is 4.79 Å². The molecule has 0 saturated heterocycles. The molecule has 0 fully saturated rings. The van der Waals surface area contributed by atoms with E-state index in [1.54, 1.807) is 7.05 Å². The fourth-order valence-electron chi connectivity index (χ4n) is 1.52. The van der Waals surface area contributed by atoms with Crippen molar-refractivity contribution in [2.45, 2.75) is 6.04 Å². The highest BCUT2D eigenvalue weighted by atomic mass is 79.9. The largest absolute Gasteiger partial charge is 0.324 e. The molecule has 1 aromatic carbocycles. The predicted octanol–water partition coefficient (Wildman–Crippen LogP) is 1.66. The molecule has 3 nitrogen and oxygen atoms in total. The minimum absolute atomic E-state index is 0.00981. The van der Waals surface area contributed by atoms with E-state index in [4.69, 9.17) is 0 Å². The molecule has 13 heavy (non-hydrogen) atoms. The minimum atomic E-state index is -0.205. The van der Waals surface area contributed by atoms with E-state index in [9.17, 15) is 4.79 Å². The summed E-state index contributed by atoms with van der Waals surface area (Å²) < 4.78 is 0.975. The van der Waals surface area contributed by atoms with Gasteiger partial charge in [-0.05, 0) is 19.2 Å². The quantitative estimate of drug-likeness (QED) is 0.785. The van der Waals surface area contributed by atoms with Gasteiger partial charge in [0.2, 0.25) is 5.91 Å². The molecule has 0 radical (unpaired) electrons. The molecule has 68 valence electrons. The molecule has 1 aromatic rings. The van der Waals surface area contributed by atoms with Crippen LogP contribution in [0.3, 0.4) is 0 Å². The Balaban J connectivity index is 2.48. The maximum atomic E-state index is 11.4. The van der Waals surface area contributed by atoms with Crippen molar-refractivity contribution >= 4 is 27.5 Å². The molecule has 0 spiro atoms. The Labute approximate surface area is 84.6 Å². The van der Waals surface area contributed by atoms with Crippen LogP contribution < -0.4 is 10.6 Å². The lowest BCUT2D eigenvalue weighted by molar-refractivity contribution is -0.117. The molecule has 0 aliphatic carbocycles. The zero-order valence-electron chi connectivity index (χ0n) is 7.10. The predicted molar refractivity (Wildman–Crippen MR) is 54.6 cm³/mol. The van der Waals surface area contributed by atoms with Gasteiger partial charge in [-0.1, -0.05) is 22.0 Å². The van der Waals surface area contributed by atoms with E-state index < -0.39 is 0 Å². The molecule has 0 bridgehead atoms. The van der Waals surface area contributed by atoms with Crippen LogP contribution in [0.4, 0.5) is 5.69 Å². The Hall–Kier alpha value is -0.870. The van der Waals surface area contributed by atoms with Gasteiger partial charge in [0, 0.05) is 15.7 Å². The van der Waals surface area contributed by atoms with Crippen molar-refractivity contribution in [1.82, 2.24) is 5.32 Å². The first kappa shape index (κ1) is 8.72. The van der Waals surface area contributed by atoms with Gasteiger partial charge in [-0.2, -0.15) is 0 Å². The Bertz CT molecular complexity index is 365. The van der Waals surface area contributed by atoms with Gasteiger partial charge in [-0.15, -0.1) is 0 Å². The SMILES string of the molecule is CNC1C(=O)Nc2cc(Br)ccc21. The fourth-order valence-corrected chi connectivity index (χ4v) is 1.88. The van der Waals surface area contributed by atoms with Crippen molar-refractivity contribution in [3.8, 4) is 0 Å². The Morgan fingerprint density at radius 1 is 1.54 bits per heavy atom. The number of benzene rings is 1. The zero-order valence-corrected chi connectivity index (χ0v) is 8.68. The third kappa shape index (κ3) is 1.36. The van der Waals surface area contributed by atoms with Gasteiger partial charge in [0.05, 0.1) is 0 Å². The van der Waals surface area contributed by atoms with Gasteiger partial charge in [0.15, 0.2) is 0 Å². The molecule has 1 heterocycles. The summed E-state index contributed by atoms with van der Waals surface area (Å²) in [5.74, 6) is 0.00981. The summed E-state index contributed by atoms with van der Waals surface area (Å²) >= 11 is 3.35. The molecule has 2 rings (SSSR count). The van der Waals surface area contributed by atoms with E-state index in [-0.39, 0.29) is 11.9 Å². The van der Waals surface area contributed by atoms with Crippen LogP contribution in [0.15, 0.2) is 22.7 Å². The molecule has 1 aliphatic rings. The van der Waals surface area contributed by atoms with Gasteiger partial charge < -0.3 is 10.6 Å². The van der Waals surface area contributed by atoms with E-state index in [0.717, 1.165) is 15.7 Å². The second-order valence-electron chi connectivity index (χ2n) is 2.94. The van der Waals surface area contributed by atoms with Crippen molar-refractivity contribution in [2.24, 2.45) is 0 Å². The van der Waals surface area contributed by atoms with Gasteiger partial charge in [-0.25, -0.2) is 0 Å². The number of hydrogen-bond donors (Lipinski definition) is 2. The van der Waals surface area contributed by atoms with Crippen LogP contribution in [0.1, 0.15) is 11.6 Å². The summed E-state index contributed by atoms with van der Waals surface area (Å²) in [5, 5.41) is 5.77. The summed E-state index contributed by atoms with van der Waals surface area (Å²) in [4.78, 5) is 11.4. The first-order valence-corrected chi connectivity index (χ1v) is 4.79. The lowest BCUT2D eigenvalue weighted by atomic mass is 10.1. The number of hydrogen-bond acceptors (Lipinski definition) is 2. The van der Waals surface area contributed by atoms with Crippen molar-refractivity contribution < 1.29 is 4.79 Å². The van der Waals surface area contributed by atoms with Crippen molar-refractivity contribution in [2.75, 3.05) is 12.4 Å². The van der Waals surface area contributed by atoms with Crippen LogP contribution in [0.25, 0.3) is 0 Å². The summed E-state index contributed by atoms with van der Waals surface area (Å²) in [6.45, 7) is 0. The lowest BCUT2D eigenvalue weighted by Gasteiger charge is -2.05. The third-order valence-corrected chi connectivity index (χ3v) is 2.63. The number of carbonyl (C=O) groups is 1. The lowest BCUT2D eigenvalue weighted by Crippen LogP contribution is -2.23. The highest BCUT2D eigenvalue weighted by Crippen LogP contribution is 2.32. The number of carbonyl (C=O) groups excluding carboxylic acids is 1. The summed E-state index contributed by atoms with van der Waals surface area (Å²) in [6.07, 6.45) is 0. The molecule has 1 amide bonds. The van der Waals surface area contributed by atoms with E-state index in [2.05, 4.69) is 26.6 Å². The number of nitrogens with one attached hydrogen (secondary N) is 2. The van der Waals surface area contributed by atoms with Crippen LogP contribution in [0.5, 0.6) is 0 Å². The maximum Gasteiger partial charge on any atom is 0.246 e. The molecule has 4 heteroatoms. The number of amides is 1. The summed E-state index contributed by atoms with van der Waals surface area (Å²) in [5.41, 5.74) is 1.90. The second-order valence-corrected chi connectivity index (χ2v) is 3.86. The topological polar surface area (TPSA) is 41.1 Å². The van der Waals surface area contributed by atoms with Gasteiger partial charge in [0.25, 0.3) is 0 Å². The second kappa shape index (κ2) is 3.12.